The van der Waals surface area contributed by atoms with Crippen molar-refractivity contribution in [2.75, 3.05) is 25.2 Å². The first-order valence-corrected chi connectivity index (χ1v) is 12.4. The van der Waals surface area contributed by atoms with Crippen LogP contribution in [-0.2, 0) is 14.8 Å². The molecule has 0 aliphatic heterocycles. The van der Waals surface area contributed by atoms with E-state index in [1.165, 1.54) is 20.2 Å². The van der Waals surface area contributed by atoms with Crippen molar-refractivity contribution in [2.45, 2.75) is 36.9 Å². The van der Waals surface area contributed by atoms with Gasteiger partial charge in [0.2, 0.25) is 15.9 Å². The minimum Gasteiger partial charge on any atom is -0.325 e. The highest BCUT2D eigenvalue weighted by Crippen LogP contribution is 2.24. The number of aromatic nitrogens is 2. The number of benzene rings is 2. The number of carbonyl (C=O) groups excluding carboxylic acids is 1. The molecule has 1 amide bonds. The number of hydrogen-bond donors (Lipinski definition) is 1. The van der Waals surface area contributed by atoms with Crippen molar-refractivity contribution < 1.29 is 13.2 Å². The number of thioether (sulfide) groups is 1. The number of nitrogens with one attached hydrogen (secondary N) is 1. The van der Waals surface area contributed by atoms with E-state index in [0.29, 0.717) is 27.3 Å². The fraction of sp³-hybridized carbons (Fsp3) is 0.318. The molecule has 0 saturated carbocycles. The second-order valence-electron chi connectivity index (χ2n) is 7.78. The Labute approximate surface area is 191 Å². The van der Waals surface area contributed by atoms with Gasteiger partial charge in [0.15, 0.2) is 5.16 Å². The van der Waals surface area contributed by atoms with E-state index < -0.39 is 10.0 Å². The van der Waals surface area contributed by atoms with Crippen LogP contribution < -0.4 is 10.9 Å². The Balaban J connectivity index is 1.82. The predicted molar refractivity (Wildman–Crippen MR) is 128 cm³/mol. The zero-order chi connectivity index (χ0) is 23.6. The maximum absolute atomic E-state index is 12.9. The van der Waals surface area contributed by atoms with Crippen LogP contribution in [0.1, 0.15) is 25.5 Å². The van der Waals surface area contributed by atoms with Crippen molar-refractivity contribution in [1.29, 1.82) is 0 Å². The van der Waals surface area contributed by atoms with Gasteiger partial charge in [-0.15, -0.1) is 0 Å². The lowest BCUT2D eigenvalue weighted by Crippen LogP contribution is -2.26. The average molecular weight is 475 g/mol. The second kappa shape index (κ2) is 9.43. The highest BCUT2D eigenvalue weighted by Gasteiger charge is 2.21. The summed E-state index contributed by atoms with van der Waals surface area (Å²) in [6.07, 6.45) is 0. The van der Waals surface area contributed by atoms with Crippen LogP contribution in [0.3, 0.4) is 0 Å². The molecule has 1 aromatic heterocycles. The average Bonchev–Trinajstić information content (AvgIpc) is 2.73. The number of fused-ring (bicyclic) bond motifs is 1. The molecule has 0 unspecified atom stereocenters. The molecule has 10 heteroatoms. The molecule has 1 heterocycles. The number of aryl methyl sites for hydroxylation is 1. The zero-order valence-corrected chi connectivity index (χ0v) is 20.3. The van der Waals surface area contributed by atoms with Crippen molar-refractivity contribution in [3.8, 4) is 0 Å². The largest absolute Gasteiger partial charge is 0.325 e. The number of amides is 1. The molecule has 0 bridgehead atoms. The topological polar surface area (TPSA) is 101 Å². The second-order valence-corrected chi connectivity index (χ2v) is 10.8. The normalized spacial score (nSPS) is 12.0. The van der Waals surface area contributed by atoms with Crippen LogP contribution in [0.15, 0.2) is 57.3 Å². The van der Waals surface area contributed by atoms with Crippen LogP contribution in [-0.4, -0.2) is 48.0 Å². The lowest BCUT2D eigenvalue weighted by molar-refractivity contribution is -0.113. The summed E-state index contributed by atoms with van der Waals surface area (Å²) < 4.78 is 27.7. The van der Waals surface area contributed by atoms with Crippen LogP contribution in [0.2, 0.25) is 0 Å². The maximum atomic E-state index is 12.9. The van der Waals surface area contributed by atoms with Crippen LogP contribution in [0.25, 0.3) is 10.9 Å². The molecule has 8 nitrogen and oxygen atoms in total. The number of sulfonamides is 1. The van der Waals surface area contributed by atoms with Crippen LogP contribution >= 0.6 is 11.8 Å². The van der Waals surface area contributed by atoms with E-state index in [1.807, 2.05) is 19.9 Å². The van der Waals surface area contributed by atoms with Crippen LogP contribution in [0, 0.1) is 6.92 Å². The van der Waals surface area contributed by atoms with Crippen molar-refractivity contribution in [3.63, 3.8) is 0 Å². The Morgan fingerprint density at radius 1 is 1.19 bits per heavy atom. The Hall–Kier alpha value is -2.69. The summed E-state index contributed by atoms with van der Waals surface area (Å²) in [5.41, 5.74) is 1.40. The van der Waals surface area contributed by atoms with Gasteiger partial charge in [0, 0.05) is 25.8 Å². The third-order valence-electron chi connectivity index (χ3n) is 4.85. The van der Waals surface area contributed by atoms with Crippen molar-refractivity contribution in [2.24, 2.45) is 0 Å². The first-order chi connectivity index (χ1) is 15.0. The standard InChI is InChI=1S/C22H26N4O4S2/c1-14(2)26-21(28)17-8-6-7-9-18(17)24-22(26)31-13-20(27)23-16-11-10-15(3)19(12-16)32(29,30)25(4)5/h6-12,14H,13H2,1-5H3,(H,23,27). The van der Waals surface area contributed by atoms with Gasteiger partial charge in [-0.25, -0.2) is 17.7 Å². The third-order valence-corrected chi connectivity index (χ3v) is 7.76. The van der Waals surface area contributed by atoms with E-state index in [1.54, 1.807) is 41.8 Å². The molecule has 0 radical (unpaired) electrons. The van der Waals surface area contributed by atoms with Gasteiger partial charge in [0.1, 0.15) is 0 Å². The lowest BCUT2D eigenvalue weighted by atomic mass is 10.2. The summed E-state index contributed by atoms with van der Waals surface area (Å²) in [5.74, 6) is -0.314. The van der Waals surface area contributed by atoms with Gasteiger partial charge in [-0.1, -0.05) is 30.0 Å². The molecule has 3 rings (SSSR count). The van der Waals surface area contributed by atoms with Gasteiger partial charge in [-0.2, -0.15) is 0 Å². The van der Waals surface area contributed by atoms with Crippen LogP contribution in [0.5, 0.6) is 0 Å². The molecule has 0 atom stereocenters. The molecule has 0 aliphatic carbocycles. The summed E-state index contributed by atoms with van der Waals surface area (Å²) in [6, 6.07) is 11.7. The summed E-state index contributed by atoms with van der Waals surface area (Å²) in [7, 11) is -0.713. The Morgan fingerprint density at radius 3 is 2.53 bits per heavy atom. The molecule has 32 heavy (non-hydrogen) atoms. The van der Waals surface area contributed by atoms with E-state index in [-0.39, 0.29) is 28.2 Å². The molecular weight excluding hydrogens is 448 g/mol. The van der Waals surface area contributed by atoms with E-state index in [4.69, 9.17) is 0 Å². The molecule has 0 aliphatic rings. The molecule has 0 fully saturated rings. The molecule has 0 saturated heterocycles. The van der Waals surface area contributed by atoms with Gasteiger partial charge in [-0.05, 0) is 50.6 Å². The van der Waals surface area contributed by atoms with E-state index >= 15 is 0 Å². The number of nitrogens with zero attached hydrogens (tertiary/aromatic N) is 3. The number of carbonyl (C=O) groups is 1. The minimum atomic E-state index is -3.63. The van der Waals surface area contributed by atoms with Crippen molar-refractivity contribution >= 4 is 44.3 Å². The smallest absolute Gasteiger partial charge is 0.262 e. The van der Waals surface area contributed by atoms with Crippen molar-refractivity contribution in [1.82, 2.24) is 13.9 Å². The Morgan fingerprint density at radius 2 is 1.88 bits per heavy atom. The number of para-hydroxylation sites is 1. The SMILES string of the molecule is Cc1ccc(NC(=O)CSc2nc3ccccc3c(=O)n2C(C)C)cc1S(=O)(=O)N(C)C. The number of hydrogen-bond acceptors (Lipinski definition) is 6. The first-order valence-electron chi connectivity index (χ1n) is 9.99. The monoisotopic (exact) mass is 474 g/mol. The van der Waals surface area contributed by atoms with E-state index in [9.17, 15) is 18.0 Å². The fourth-order valence-electron chi connectivity index (χ4n) is 3.16. The van der Waals surface area contributed by atoms with E-state index in [2.05, 4.69) is 10.3 Å². The van der Waals surface area contributed by atoms with Gasteiger partial charge in [0.25, 0.3) is 5.56 Å². The summed E-state index contributed by atoms with van der Waals surface area (Å²) in [4.78, 5) is 30.2. The summed E-state index contributed by atoms with van der Waals surface area (Å²) in [6.45, 7) is 5.48. The molecule has 0 spiro atoms. The predicted octanol–water partition coefficient (Wildman–Crippen LogP) is 3.27. The lowest BCUT2D eigenvalue weighted by Gasteiger charge is -2.16. The number of anilines is 1. The Bertz CT molecular complexity index is 1330. The van der Waals surface area contributed by atoms with Gasteiger partial charge >= 0.3 is 0 Å². The summed E-state index contributed by atoms with van der Waals surface area (Å²) in [5, 5.41) is 3.72. The van der Waals surface area contributed by atoms with Crippen molar-refractivity contribution in [3.05, 3.63) is 58.4 Å². The Kier molecular flexibility index (Phi) is 7.06. The highest BCUT2D eigenvalue weighted by atomic mass is 32.2. The van der Waals surface area contributed by atoms with E-state index in [0.717, 1.165) is 16.1 Å². The molecule has 3 aromatic rings. The highest BCUT2D eigenvalue weighted by molar-refractivity contribution is 7.99. The quantitative estimate of drug-likeness (QED) is 0.417. The zero-order valence-electron chi connectivity index (χ0n) is 18.6. The molecule has 170 valence electrons. The molecule has 2 aromatic carbocycles. The summed E-state index contributed by atoms with van der Waals surface area (Å²) >= 11 is 1.16. The third kappa shape index (κ3) is 4.87. The van der Waals surface area contributed by atoms with Gasteiger partial charge < -0.3 is 5.32 Å². The van der Waals surface area contributed by atoms with Gasteiger partial charge in [0.05, 0.1) is 21.6 Å². The number of rotatable bonds is 7. The molecule has 1 N–H and O–H groups in total. The molecular formula is C22H26N4O4S2. The maximum Gasteiger partial charge on any atom is 0.262 e. The first kappa shape index (κ1) is 24.0. The fourth-order valence-corrected chi connectivity index (χ4v) is 5.23. The van der Waals surface area contributed by atoms with Crippen LogP contribution in [0.4, 0.5) is 5.69 Å². The minimum absolute atomic E-state index is 0.0150. The van der Waals surface area contributed by atoms with Gasteiger partial charge in [-0.3, -0.25) is 14.2 Å².